The van der Waals surface area contributed by atoms with Gasteiger partial charge in [0.25, 0.3) is 0 Å². The van der Waals surface area contributed by atoms with E-state index in [-0.39, 0.29) is 22.8 Å². The third-order valence-corrected chi connectivity index (χ3v) is 8.16. The van der Waals surface area contributed by atoms with Gasteiger partial charge in [0.1, 0.15) is 19.3 Å². The van der Waals surface area contributed by atoms with Crippen LogP contribution in [0.4, 0.5) is 5.13 Å². The van der Waals surface area contributed by atoms with E-state index in [0.29, 0.717) is 36.3 Å². The Hall–Kier alpha value is -2.17. The normalized spacial score (nSPS) is 26.4. The minimum Gasteiger partial charge on any atom is -0.486 e. The summed E-state index contributed by atoms with van der Waals surface area (Å²) in [5.41, 5.74) is 0. The van der Waals surface area contributed by atoms with Crippen molar-refractivity contribution in [1.82, 2.24) is 9.29 Å². The molecule has 1 saturated carbocycles. The SMILES string of the molecule is O=C(Nc1nccs1)C1C2CCC(C2)N1S(=O)(=O)c1ccc2c(c1)OCCO2. The van der Waals surface area contributed by atoms with Crippen LogP contribution in [0.15, 0.2) is 34.7 Å². The highest BCUT2D eigenvalue weighted by Gasteiger charge is 2.54. The van der Waals surface area contributed by atoms with Crippen molar-refractivity contribution in [2.75, 3.05) is 18.5 Å². The van der Waals surface area contributed by atoms with Crippen LogP contribution in [0.1, 0.15) is 19.3 Å². The number of carbonyl (C=O) groups excluding carboxylic acids is 1. The average molecular weight is 422 g/mol. The van der Waals surface area contributed by atoms with Crippen LogP contribution >= 0.6 is 11.3 Å². The first-order valence-electron chi connectivity index (χ1n) is 9.17. The highest BCUT2D eigenvalue weighted by Crippen LogP contribution is 2.46. The average Bonchev–Trinajstić information content (AvgIpc) is 3.44. The van der Waals surface area contributed by atoms with E-state index in [4.69, 9.17) is 9.47 Å². The largest absolute Gasteiger partial charge is 0.486 e. The summed E-state index contributed by atoms with van der Waals surface area (Å²) in [5, 5.41) is 5.01. The molecule has 2 bridgehead atoms. The molecular formula is C18H19N3O5S2. The van der Waals surface area contributed by atoms with E-state index in [9.17, 15) is 13.2 Å². The van der Waals surface area contributed by atoms with Crippen LogP contribution in [-0.2, 0) is 14.8 Å². The molecule has 3 atom stereocenters. The van der Waals surface area contributed by atoms with Crippen molar-refractivity contribution in [2.45, 2.75) is 36.2 Å². The molecule has 1 aromatic carbocycles. The number of anilines is 1. The lowest BCUT2D eigenvalue weighted by molar-refractivity contribution is -0.120. The van der Waals surface area contributed by atoms with Crippen LogP contribution in [0.5, 0.6) is 11.5 Å². The number of hydrogen-bond donors (Lipinski definition) is 1. The lowest BCUT2D eigenvalue weighted by Gasteiger charge is -2.33. The number of benzene rings is 1. The first-order valence-corrected chi connectivity index (χ1v) is 11.5. The van der Waals surface area contributed by atoms with E-state index >= 15 is 0 Å². The summed E-state index contributed by atoms with van der Waals surface area (Å²) in [4.78, 5) is 17.1. The van der Waals surface area contributed by atoms with Gasteiger partial charge in [0, 0.05) is 23.7 Å². The number of amides is 1. The highest BCUT2D eigenvalue weighted by molar-refractivity contribution is 7.89. The van der Waals surface area contributed by atoms with Crippen molar-refractivity contribution < 1.29 is 22.7 Å². The van der Waals surface area contributed by atoms with Gasteiger partial charge in [-0.25, -0.2) is 13.4 Å². The maximum atomic E-state index is 13.5. The zero-order valence-electron chi connectivity index (χ0n) is 14.9. The van der Waals surface area contributed by atoms with Gasteiger partial charge in [-0.05, 0) is 37.3 Å². The number of piperidine rings is 1. The number of nitrogens with zero attached hydrogens (tertiary/aromatic N) is 2. The van der Waals surface area contributed by atoms with Gasteiger partial charge >= 0.3 is 0 Å². The molecule has 1 N–H and O–H groups in total. The van der Waals surface area contributed by atoms with Crippen molar-refractivity contribution in [3.05, 3.63) is 29.8 Å². The van der Waals surface area contributed by atoms with E-state index in [1.54, 1.807) is 17.6 Å². The Balaban J connectivity index is 1.48. The van der Waals surface area contributed by atoms with Gasteiger partial charge in [-0.15, -0.1) is 11.3 Å². The molecule has 3 heterocycles. The second kappa shape index (κ2) is 6.71. The first-order chi connectivity index (χ1) is 13.5. The molecule has 1 aromatic heterocycles. The molecule has 28 heavy (non-hydrogen) atoms. The highest BCUT2D eigenvalue weighted by atomic mass is 32.2. The van der Waals surface area contributed by atoms with Crippen LogP contribution in [0.3, 0.4) is 0 Å². The minimum atomic E-state index is -3.86. The maximum Gasteiger partial charge on any atom is 0.244 e. The van der Waals surface area contributed by atoms with Crippen molar-refractivity contribution >= 4 is 32.4 Å². The molecule has 8 nitrogen and oxygen atoms in total. The summed E-state index contributed by atoms with van der Waals surface area (Å²) < 4.78 is 39.3. The summed E-state index contributed by atoms with van der Waals surface area (Å²) in [7, 11) is -3.86. The predicted molar refractivity (Wildman–Crippen MR) is 102 cm³/mol. The standard InChI is InChI=1S/C18H19N3O5S2/c22-17(20-18-19-5-8-27-18)16-11-1-2-12(9-11)21(16)28(23,24)13-3-4-14-15(10-13)26-7-6-25-14/h3-5,8,10-12,16H,1-2,6-7,9H2,(H,19,20,22). The Morgan fingerprint density at radius 1 is 1.21 bits per heavy atom. The number of aromatic nitrogens is 1. The molecule has 148 valence electrons. The molecule has 1 amide bonds. The van der Waals surface area contributed by atoms with Gasteiger partial charge in [-0.3, -0.25) is 4.79 Å². The van der Waals surface area contributed by atoms with Gasteiger partial charge < -0.3 is 14.8 Å². The molecule has 10 heteroatoms. The number of fused-ring (bicyclic) bond motifs is 3. The van der Waals surface area contributed by atoms with E-state index in [2.05, 4.69) is 10.3 Å². The Labute approximate surface area is 166 Å². The number of carbonyl (C=O) groups is 1. The smallest absolute Gasteiger partial charge is 0.244 e. The lowest BCUT2D eigenvalue weighted by atomic mass is 9.99. The molecule has 2 aliphatic heterocycles. The third kappa shape index (κ3) is 2.87. The molecular weight excluding hydrogens is 402 g/mol. The van der Waals surface area contributed by atoms with Gasteiger partial charge in [-0.1, -0.05) is 0 Å². The van der Waals surface area contributed by atoms with Gasteiger partial charge in [0.2, 0.25) is 15.9 Å². The van der Waals surface area contributed by atoms with Crippen molar-refractivity contribution in [1.29, 1.82) is 0 Å². The van der Waals surface area contributed by atoms with Gasteiger partial charge in [-0.2, -0.15) is 4.31 Å². The summed E-state index contributed by atoms with van der Waals surface area (Å²) >= 11 is 1.31. The zero-order chi connectivity index (χ0) is 19.3. The van der Waals surface area contributed by atoms with Crippen molar-refractivity contribution in [2.24, 2.45) is 5.92 Å². The van der Waals surface area contributed by atoms with Gasteiger partial charge in [0.15, 0.2) is 16.6 Å². The summed E-state index contributed by atoms with van der Waals surface area (Å²) in [5.74, 6) is 0.659. The zero-order valence-corrected chi connectivity index (χ0v) is 16.5. The molecule has 0 spiro atoms. The molecule has 1 aliphatic carbocycles. The summed E-state index contributed by atoms with van der Waals surface area (Å²) in [6.45, 7) is 0.817. The maximum absolute atomic E-state index is 13.5. The number of sulfonamides is 1. The van der Waals surface area contributed by atoms with Crippen molar-refractivity contribution in [3.63, 3.8) is 0 Å². The second-order valence-corrected chi connectivity index (χ2v) is 9.88. The molecule has 3 unspecified atom stereocenters. The monoisotopic (exact) mass is 421 g/mol. The van der Waals surface area contributed by atoms with Crippen molar-refractivity contribution in [3.8, 4) is 11.5 Å². The molecule has 2 aromatic rings. The van der Waals surface area contributed by atoms with Crippen LogP contribution < -0.4 is 14.8 Å². The fraction of sp³-hybridized carbons (Fsp3) is 0.444. The van der Waals surface area contributed by atoms with Crippen LogP contribution in [0, 0.1) is 5.92 Å². The summed E-state index contributed by atoms with van der Waals surface area (Å²) in [6, 6.07) is 3.74. The van der Waals surface area contributed by atoms with Crippen LogP contribution in [-0.4, -0.2) is 48.9 Å². The Morgan fingerprint density at radius 3 is 2.82 bits per heavy atom. The number of ether oxygens (including phenoxy) is 2. The Morgan fingerprint density at radius 2 is 2.04 bits per heavy atom. The second-order valence-electron chi connectivity index (χ2n) is 7.14. The molecule has 3 aliphatic rings. The van der Waals surface area contributed by atoms with E-state index in [1.807, 2.05) is 0 Å². The fourth-order valence-electron chi connectivity index (χ4n) is 4.39. The van der Waals surface area contributed by atoms with E-state index < -0.39 is 16.1 Å². The number of rotatable bonds is 4. The molecule has 2 fully saturated rings. The fourth-order valence-corrected chi connectivity index (χ4v) is 6.81. The number of hydrogen-bond acceptors (Lipinski definition) is 7. The minimum absolute atomic E-state index is 0.0250. The lowest BCUT2D eigenvalue weighted by Crippen LogP contribution is -2.50. The molecule has 1 saturated heterocycles. The van der Waals surface area contributed by atoms with Crippen LogP contribution in [0.2, 0.25) is 0 Å². The number of nitrogens with one attached hydrogen (secondary N) is 1. The quantitative estimate of drug-likeness (QED) is 0.812. The van der Waals surface area contributed by atoms with E-state index in [0.717, 1.165) is 12.8 Å². The predicted octanol–water partition coefficient (Wildman–Crippen LogP) is 2.09. The van der Waals surface area contributed by atoms with Gasteiger partial charge in [0.05, 0.1) is 4.90 Å². The Kier molecular flexibility index (Phi) is 4.29. The number of thiazole rings is 1. The topological polar surface area (TPSA) is 97.8 Å². The summed E-state index contributed by atoms with van der Waals surface area (Å²) in [6.07, 6.45) is 3.94. The molecule has 5 rings (SSSR count). The first kappa shape index (κ1) is 17.9. The van der Waals surface area contributed by atoms with E-state index in [1.165, 1.54) is 27.8 Å². The third-order valence-electron chi connectivity index (χ3n) is 5.55. The Bertz CT molecular complexity index is 1010. The van der Waals surface area contributed by atoms with Crippen LogP contribution in [0.25, 0.3) is 0 Å². The molecule has 0 radical (unpaired) electrons.